The van der Waals surface area contributed by atoms with Crippen LogP contribution in [0.25, 0.3) is 0 Å². The summed E-state index contributed by atoms with van der Waals surface area (Å²) < 4.78 is 6.58. The summed E-state index contributed by atoms with van der Waals surface area (Å²) >= 11 is 5.49. The van der Waals surface area contributed by atoms with E-state index in [1.807, 2.05) is 30.0 Å². The van der Waals surface area contributed by atoms with Gasteiger partial charge >= 0.3 is 159 Å². The number of nitrogens with two attached hydrogens (primary N) is 1. The van der Waals surface area contributed by atoms with Gasteiger partial charge in [0.05, 0.1) is 0 Å². The molecule has 164 valence electrons. The van der Waals surface area contributed by atoms with Crippen LogP contribution in [0, 0.1) is 6.92 Å². The first kappa shape index (κ1) is 26.5. The number of carbonyl (C=O) groups excluding carboxylic acids is 2. The average molecular weight is 529 g/mol. The summed E-state index contributed by atoms with van der Waals surface area (Å²) in [6.07, 6.45) is 2.43. The first-order valence-corrected chi connectivity index (χ1v) is 12.0. The maximum atomic E-state index is 12.8. The van der Waals surface area contributed by atoms with Gasteiger partial charge in [0, 0.05) is 0 Å². The van der Waals surface area contributed by atoms with Crippen LogP contribution in [-0.2, 0) is 9.59 Å². The molecular formula is C19H29AsCl3N3O3. The van der Waals surface area contributed by atoms with Crippen LogP contribution < -0.4 is 15.8 Å². The molecule has 2 heterocycles. The van der Waals surface area contributed by atoms with Crippen molar-refractivity contribution < 1.29 is 14.3 Å². The minimum absolute atomic E-state index is 0. The molecule has 0 aliphatic carbocycles. The first-order valence-electron chi connectivity index (χ1n) is 9.40. The van der Waals surface area contributed by atoms with Gasteiger partial charge in [-0.05, 0) is 6.92 Å². The molecule has 1 amide bonds. The van der Waals surface area contributed by atoms with E-state index in [1.165, 1.54) is 0 Å². The van der Waals surface area contributed by atoms with Crippen molar-refractivity contribution in [1.82, 2.24) is 10.2 Å². The molecule has 10 heteroatoms. The molecule has 0 spiro atoms. The van der Waals surface area contributed by atoms with Crippen LogP contribution in [-0.4, -0.2) is 69.5 Å². The number of hydrogen-bond acceptors (Lipinski definition) is 5. The molecule has 1 aromatic carbocycles. The van der Waals surface area contributed by atoms with Crippen LogP contribution in [0.1, 0.15) is 24.8 Å². The Labute approximate surface area is 196 Å². The average Bonchev–Trinajstić information content (AvgIpc) is 3.13. The van der Waals surface area contributed by atoms with E-state index < -0.39 is 15.8 Å². The molecule has 2 aliphatic rings. The molecule has 2 fully saturated rings. The predicted molar refractivity (Wildman–Crippen MR) is 122 cm³/mol. The van der Waals surface area contributed by atoms with Crippen molar-refractivity contribution >= 4 is 62.6 Å². The molecule has 0 aromatic heterocycles. The van der Waals surface area contributed by atoms with Gasteiger partial charge in [-0.2, -0.15) is 0 Å². The van der Waals surface area contributed by atoms with E-state index in [1.54, 1.807) is 0 Å². The van der Waals surface area contributed by atoms with Crippen molar-refractivity contribution in [2.45, 2.75) is 43.0 Å². The van der Waals surface area contributed by atoms with E-state index in [9.17, 15) is 9.59 Å². The number of ether oxygens (including phenoxy) is 1. The van der Waals surface area contributed by atoms with Gasteiger partial charge in [0.25, 0.3) is 0 Å². The number of amides is 1. The van der Waals surface area contributed by atoms with Crippen molar-refractivity contribution in [1.29, 1.82) is 0 Å². The van der Waals surface area contributed by atoms with Gasteiger partial charge < -0.3 is 0 Å². The molecule has 0 bridgehead atoms. The third-order valence-electron chi connectivity index (χ3n) is 5.11. The molecule has 3 atom stereocenters. The minimum atomic E-state index is -0.727. The number of nitrogens with one attached hydrogen (secondary N) is 1. The Kier molecular flexibility index (Phi) is 11.3. The van der Waals surface area contributed by atoms with E-state index in [2.05, 4.69) is 5.32 Å². The maximum absolute atomic E-state index is 12.8. The largest absolute Gasteiger partial charge is 0.147 e. The summed E-state index contributed by atoms with van der Waals surface area (Å²) in [6, 6.07) is 5.61. The van der Waals surface area contributed by atoms with Crippen LogP contribution in [0.2, 0.25) is 9.73 Å². The Morgan fingerprint density at radius 1 is 1.31 bits per heavy atom. The van der Waals surface area contributed by atoms with Crippen LogP contribution in [0.3, 0.4) is 0 Å². The quantitative estimate of drug-likeness (QED) is 0.552. The fourth-order valence-corrected chi connectivity index (χ4v) is 6.18. The summed E-state index contributed by atoms with van der Waals surface area (Å²) in [4.78, 5) is 26.3. The number of hydrogen-bond donors (Lipinski definition) is 2. The Morgan fingerprint density at radius 3 is 2.66 bits per heavy atom. The normalized spacial score (nSPS) is 22.2. The molecule has 3 N–H and O–H groups in total. The number of benzene rings is 1. The SMILES string of the molecule is Cc1ccc(Cl)c(OC2CCN(C(=O)[C@H]3CC([AsH]C(=O)CN)CN3)CC2)c1.Cl.Cl. The molecule has 29 heavy (non-hydrogen) atoms. The van der Waals surface area contributed by atoms with Crippen LogP contribution >= 0.6 is 36.4 Å². The monoisotopic (exact) mass is 527 g/mol. The smallest absolute Gasteiger partial charge is 0.147 e. The number of likely N-dealkylation sites (tertiary alicyclic amines) is 1. The van der Waals surface area contributed by atoms with Gasteiger partial charge in [0.1, 0.15) is 0 Å². The molecule has 3 rings (SSSR count). The first-order chi connectivity index (χ1) is 13.0. The van der Waals surface area contributed by atoms with Crippen molar-refractivity contribution in [2.24, 2.45) is 5.73 Å². The van der Waals surface area contributed by atoms with E-state index in [4.69, 9.17) is 22.1 Å². The van der Waals surface area contributed by atoms with Crippen LogP contribution in [0.4, 0.5) is 0 Å². The fourth-order valence-electron chi connectivity index (χ4n) is 3.62. The van der Waals surface area contributed by atoms with E-state index >= 15 is 0 Å². The molecule has 2 unspecified atom stereocenters. The summed E-state index contributed by atoms with van der Waals surface area (Å²) in [5.74, 6) is 0.868. The van der Waals surface area contributed by atoms with E-state index in [0.717, 1.165) is 37.1 Å². The number of carbonyl (C=O) groups is 2. The maximum Gasteiger partial charge on any atom is -0.147 e. The van der Waals surface area contributed by atoms with Gasteiger partial charge in [-0.1, -0.05) is 6.07 Å². The molecule has 0 saturated carbocycles. The number of rotatable bonds is 6. The molecule has 2 saturated heterocycles. The number of aryl methyl sites for hydroxylation is 1. The second-order valence-electron chi connectivity index (χ2n) is 7.24. The fraction of sp³-hybridized carbons (Fsp3) is 0.579. The van der Waals surface area contributed by atoms with Gasteiger partial charge in [-0.15, -0.1) is 24.8 Å². The van der Waals surface area contributed by atoms with Gasteiger partial charge in [-0.25, -0.2) is 0 Å². The second kappa shape index (κ2) is 12.4. The Morgan fingerprint density at radius 2 is 2.00 bits per heavy atom. The molecule has 6 nitrogen and oxygen atoms in total. The molecular weight excluding hydrogens is 500 g/mol. The van der Waals surface area contributed by atoms with Crippen molar-refractivity contribution in [3.8, 4) is 5.75 Å². The predicted octanol–water partition coefficient (Wildman–Crippen LogP) is 1.93. The number of halogens is 3. The van der Waals surface area contributed by atoms with Crippen LogP contribution in [0.5, 0.6) is 5.75 Å². The Hall–Kier alpha value is -0.492. The summed E-state index contributed by atoms with van der Waals surface area (Å²) in [6.45, 7) is 4.28. The summed E-state index contributed by atoms with van der Waals surface area (Å²) in [5, 5.41) is 3.92. The van der Waals surface area contributed by atoms with Crippen molar-refractivity contribution in [2.75, 3.05) is 26.2 Å². The van der Waals surface area contributed by atoms with Crippen molar-refractivity contribution in [3.63, 3.8) is 0 Å². The van der Waals surface area contributed by atoms with Gasteiger partial charge in [-0.3, -0.25) is 0 Å². The number of nitrogens with zero attached hydrogens (tertiary/aromatic N) is 1. The van der Waals surface area contributed by atoms with E-state index in [0.29, 0.717) is 22.8 Å². The molecule has 0 radical (unpaired) electrons. The molecule has 2 aliphatic heterocycles. The zero-order valence-electron chi connectivity index (χ0n) is 16.4. The van der Waals surface area contributed by atoms with Crippen molar-refractivity contribution in [3.05, 3.63) is 28.8 Å². The number of piperidine rings is 1. The second-order valence-corrected chi connectivity index (χ2v) is 11.1. The van der Waals surface area contributed by atoms with E-state index in [-0.39, 0.29) is 54.0 Å². The van der Waals surface area contributed by atoms with Gasteiger partial charge in [0.2, 0.25) is 0 Å². The minimum Gasteiger partial charge on any atom is -0.147 e. The molecule has 1 aromatic rings. The van der Waals surface area contributed by atoms with Gasteiger partial charge in [0.15, 0.2) is 0 Å². The topological polar surface area (TPSA) is 84.7 Å². The van der Waals surface area contributed by atoms with Crippen LogP contribution in [0.15, 0.2) is 18.2 Å². The zero-order chi connectivity index (χ0) is 19.4. The summed E-state index contributed by atoms with van der Waals surface area (Å²) in [7, 11) is 0. The Bertz CT molecular complexity index is 703. The zero-order valence-corrected chi connectivity index (χ0v) is 20.8. The Balaban J connectivity index is 0.00000210. The third kappa shape index (κ3) is 7.30. The third-order valence-corrected chi connectivity index (χ3v) is 8.31. The standard InChI is InChI=1S/C19H27AsClN3O3.2ClH/c1-12-2-3-15(21)17(8-12)27-14-4-6-24(7-5-14)19(26)16-9-13(11-23-16)20-18(25)10-22;;/h2-3,8,13-14,16,20,23H,4-7,9-11,22H2,1H3;2*1H/t13?,16-;;/m1../s1. The summed E-state index contributed by atoms with van der Waals surface area (Å²) in [5.41, 5.74) is 6.52.